The van der Waals surface area contributed by atoms with Gasteiger partial charge >= 0.3 is 0 Å². The summed E-state index contributed by atoms with van der Waals surface area (Å²) in [6.45, 7) is 7.61. The van der Waals surface area contributed by atoms with Gasteiger partial charge in [-0.25, -0.2) is 0 Å². The Morgan fingerprint density at radius 1 is 0.929 bits per heavy atom. The fraction of sp³-hybridized carbons (Fsp3) is 0.250. The van der Waals surface area contributed by atoms with Crippen LogP contribution in [0, 0.1) is 24.3 Å². The van der Waals surface area contributed by atoms with Crippen LogP contribution in [0.3, 0.4) is 0 Å². The van der Waals surface area contributed by atoms with Crippen LogP contribution in [0.5, 0.6) is 11.5 Å². The molecule has 0 spiro atoms. The number of halogens is 1. The lowest BCUT2D eigenvalue weighted by atomic mass is 10.1. The standard InChI is InChI=1S/C24H26INO2/c1-16-8-10-19(11-9-16)15-28-24-21(25)12-20(13-23(24)27-4)14-26-22-7-5-6-17(2)18(22)3/h5-13,26H,14-15H2,1-4H3. The minimum Gasteiger partial charge on any atom is -0.493 e. The number of benzene rings is 3. The first-order valence-corrected chi connectivity index (χ1v) is 10.4. The zero-order valence-corrected chi connectivity index (χ0v) is 19.0. The Morgan fingerprint density at radius 2 is 1.68 bits per heavy atom. The summed E-state index contributed by atoms with van der Waals surface area (Å²) in [5, 5.41) is 3.53. The number of methoxy groups -OCH3 is 1. The SMILES string of the molecule is COc1cc(CNc2cccc(C)c2C)cc(I)c1OCc1ccc(C)cc1. The van der Waals surface area contributed by atoms with Crippen molar-refractivity contribution < 1.29 is 9.47 Å². The molecule has 0 heterocycles. The lowest BCUT2D eigenvalue weighted by Gasteiger charge is -2.16. The highest BCUT2D eigenvalue weighted by atomic mass is 127. The van der Waals surface area contributed by atoms with Crippen LogP contribution in [-0.4, -0.2) is 7.11 Å². The van der Waals surface area contributed by atoms with Gasteiger partial charge in [0.2, 0.25) is 0 Å². The van der Waals surface area contributed by atoms with Crippen molar-refractivity contribution in [3.05, 3.63) is 86.0 Å². The monoisotopic (exact) mass is 487 g/mol. The fourth-order valence-corrected chi connectivity index (χ4v) is 3.82. The number of ether oxygens (including phenoxy) is 2. The van der Waals surface area contributed by atoms with Crippen LogP contribution in [0.15, 0.2) is 54.6 Å². The topological polar surface area (TPSA) is 30.5 Å². The molecule has 0 aliphatic heterocycles. The lowest BCUT2D eigenvalue weighted by Crippen LogP contribution is -2.04. The molecule has 1 N–H and O–H groups in total. The Morgan fingerprint density at radius 3 is 2.39 bits per heavy atom. The molecule has 4 heteroatoms. The number of anilines is 1. The van der Waals surface area contributed by atoms with Crippen LogP contribution in [0.1, 0.15) is 27.8 Å². The first-order valence-electron chi connectivity index (χ1n) is 9.32. The van der Waals surface area contributed by atoms with E-state index < -0.39 is 0 Å². The third-order valence-electron chi connectivity index (χ3n) is 4.88. The van der Waals surface area contributed by atoms with Gasteiger partial charge in [-0.15, -0.1) is 0 Å². The van der Waals surface area contributed by atoms with Crippen molar-refractivity contribution >= 4 is 28.3 Å². The van der Waals surface area contributed by atoms with E-state index >= 15 is 0 Å². The summed E-state index contributed by atoms with van der Waals surface area (Å²) in [6.07, 6.45) is 0. The average molecular weight is 487 g/mol. The molecule has 0 saturated carbocycles. The maximum Gasteiger partial charge on any atom is 0.174 e. The molecule has 28 heavy (non-hydrogen) atoms. The van der Waals surface area contributed by atoms with E-state index in [0.717, 1.165) is 38.4 Å². The Balaban J connectivity index is 1.73. The Kier molecular flexibility index (Phi) is 6.83. The van der Waals surface area contributed by atoms with Gasteiger partial charge in [-0.2, -0.15) is 0 Å². The third kappa shape index (κ3) is 4.98. The first kappa shape index (κ1) is 20.5. The van der Waals surface area contributed by atoms with Crippen molar-refractivity contribution in [2.24, 2.45) is 0 Å². The molecule has 3 aromatic rings. The summed E-state index contributed by atoms with van der Waals surface area (Å²) < 4.78 is 12.7. The van der Waals surface area contributed by atoms with Gasteiger partial charge in [0.25, 0.3) is 0 Å². The van der Waals surface area contributed by atoms with E-state index in [1.807, 2.05) is 6.07 Å². The van der Waals surface area contributed by atoms with Crippen molar-refractivity contribution in [1.82, 2.24) is 0 Å². The van der Waals surface area contributed by atoms with E-state index in [9.17, 15) is 0 Å². The van der Waals surface area contributed by atoms with E-state index in [1.165, 1.54) is 16.7 Å². The second-order valence-electron chi connectivity index (χ2n) is 6.98. The minimum absolute atomic E-state index is 0.521. The molecular formula is C24H26INO2. The summed E-state index contributed by atoms with van der Waals surface area (Å²) >= 11 is 2.32. The number of aryl methyl sites for hydroxylation is 2. The molecule has 0 aliphatic carbocycles. The molecule has 0 saturated heterocycles. The summed E-state index contributed by atoms with van der Waals surface area (Å²) in [7, 11) is 1.69. The van der Waals surface area contributed by atoms with Crippen LogP contribution >= 0.6 is 22.6 Å². The summed E-state index contributed by atoms with van der Waals surface area (Å²) in [6, 6.07) is 18.9. The third-order valence-corrected chi connectivity index (χ3v) is 5.68. The molecule has 0 amide bonds. The van der Waals surface area contributed by atoms with Crippen LogP contribution < -0.4 is 14.8 Å². The highest BCUT2D eigenvalue weighted by Crippen LogP contribution is 2.35. The largest absolute Gasteiger partial charge is 0.493 e. The molecule has 0 atom stereocenters. The smallest absolute Gasteiger partial charge is 0.174 e. The van der Waals surface area contributed by atoms with E-state index in [-0.39, 0.29) is 0 Å². The van der Waals surface area contributed by atoms with Crippen LogP contribution in [0.2, 0.25) is 0 Å². The van der Waals surface area contributed by atoms with Gasteiger partial charge in [-0.05, 0) is 83.8 Å². The van der Waals surface area contributed by atoms with Gasteiger partial charge in [0, 0.05) is 12.2 Å². The predicted molar refractivity (Wildman–Crippen MR) is 124 cm³/mol. The van der Waals surface area contributed by atoms with Gasteiger partial charge in [0.15, 0.2) is 11.5 Å². The average Bonchev–Trinajstić information content (AvgIpc) is 2.69. The second kappa shape index (κ2) is 9.32. The number of rotatable bonds is 7. The maximum atomic E-state index is 6.08. The Bertz CT molecular complexity index is 952. The normalized spacial score (nSPS) is 10.6. The van der Waals surface area contributed by atoms with Gasteiger partial charge in [0.05, 0.1) is 10.7 Å². The molecule has 3 nitrogen and oxygen atoms in total. The quantitative estimate of drug-likeness (QED) is 0.391. The number of nitrogens with one attached hydrogen (secondary N) is 1. The fourth-order valence-electron chi connectivity index (χ4n) is 3.00. The van der Waals surface area contributed by atoms with Crippen molar-refractivity contribution in [2.75, 3.05) is 12.4 Å². The van der Waals surface area contributed by atoms with Gasteiger partial charge < -0.3 is 14.8 Å². The Labute approximate surface area is 181 Å². The van der Waals surface area contributed by atoms with E-state index in [2.05, 4.69) is 97.2 Å². The van der Waals surface area contributed by atoms with Crippen LogP contribution in [0.4, 0.5) is 5.69 Å². The van der Waals surface area contributed by atoms with Crippen molar-refractivity contribution in [1.29, 1.82) is 0 Å². The van der Waals surface area contributed by atoms with E-state index in [1.54, 1.807) is 7.11 Å². The summed E-state index contributed by atoms with van der Waals surface area (Å²) in [4.78, 5) is 0. The van der Waals surface area contributed by atoms with Crippen LogP contribution in [-0.2, 0) is 13.2 Å². The first-order chi connectivity index (χ1) is 13.5. The van der Waals surface area contributed by atoms with Gasteiger partial charge in [-0.1, -0.05) is 42.0 Å². The molecule has 0 aromatic heterocycles. The van der Waals surface area contributed by atoms with Crippen molar-refractivity contribution in [3.63, 3.8) is 0 Å². The molecule has 3 aromatic carbocycles. The second-order valence-corrected chi connectivity index (χ2v) is 8.15. The zero-order chi connectivity index (χ0) is 20.1. The number of hydrogen-bond donors (Lipinski definition) is 1. The van der Waals surface area contributed by atoms with Crippen molar-refractivity contribution in [2.45, 2.75) is 33.9 Å². The van der Waals surface area contributed by atoms with Crippen molar-refractivity contribution in [3.8, 4) is 11.5 Å². The zero-order valence-electron chi connectivity index (χ0n) is 16.8. The Hall–Kier alpha value is -2.21. The molecule has 3 rings (SSSR count). The summed E-state index contributed by atoms with van der Waals surface area (Å²) in [5.74, 6) is 1.55. The molecular weight excluding hydrogens is 461 g/mol. The number of hydrogen-bond acceptors (Lipinski definition) is 3. The van der Waals surface area contributed by atoms with E-state index in [0.29, 0.717) is 6.61 Å². The molecule has 0 radical (unpaired) electrons. The molecule has 0 aliphatic rings. The summed E-state index contributed by atoms with van der Waals surface area (Å²) in [5.41, 5.74) is 7.28. The molecule has 0 fully saturated rings. The molecule has 0 unspecified atom stereocenters. The van der Waals surface area contributed by atoms with Gasteiger partial charge in [-0.3, -0.25) is 0 Å². The highest BCUT2D eigenvalue weighted by molar-refractivity contribution is 14.1. The van der Waals surface area contributed by atoms with Gasteiger partial charge in [0.1, 0.15) is 6.61 Å². The minimum atomic E-state index is 0.521. The maximum absolute atomic E-state index is 6.08. The molecule has 146 valence electrons. The molecule has 0 bridgehead atoms. The van der Waals surface area contributed by atoms with E-state index in [4.69, 9.17) is 9.47 Å². The van der Waals surface area contributed by atoms with Crippen LogP contribution in [0.25, 0.3) is 0 Å². The predicted octanol–water partition coefficient (Wildman–Crippen LogP) is 6.42. The highest BCUT2D eigenvalue weighted by Gasteiger charge is 2.12. The lowest BCUT2D eigenvalue weighted by molar-refractivity contribution is 0.282.